The molecule has 1 aliphatic rings. The quantitative estimate of drug-likeness (QED) is 0.806. The first kappa shape index (κ1) is 18.6. The summed E-state index contributed by atoms with van der Waals surface area (Å²) >= 11 is 3.22. The lowest BCUT2D eigenvalue weighted by Crippen LogP contribution is -2.39. The lowest BCUT2D eigenvalue weighted by Gasteiger charge is -2.26. The average molecular weight is 421 g/mol. The summed E-state index contributed by atoms with van der Waals surface area (Å²) in [5, 5.41) is 2.87. The molecule has 1 saturated heterocycles. The standard InChI is InChI=1S/C18H21BrN4O3/c1-22-11-14(8-16(19)17(22)24)21-18(25)23(12-15-5-3-7-26-15)10-13-4-2-6-20-9-13/h2,4,6,8-9,11,15H,3,5,7,10,12H2,1H3,(H,21,25). The van der Waals surface area contributed by atoms with Crippen molar-refractivity contribution in [3.05, 3.63) is 57.2 Å². The highest BCUT2D eigenvalue weighted by Crippen LogP contribution is 2.17. The highest BCUT2D eigenvalue weighted by atomic mass is 79.9. The van der Waals surface area contributed by atoms with Crippen LogP contribution in [0.15, 0.2) is 46.1 Å². The van der Waals surface area contributed by atoms with Crippen molar-refractivity contribution in [1.82, 2.24) is 14.5 Å². The van der Waals surface area contributed by atoms with Crippen molar-refractivity contribution in [2.24, 2.45) is 7.05 Å². The summed E-state index contributed by atoms with van der Waals surface area (Å²) in [6.07, 6.45) is 7.06. The van der Waals surface area contributed by atoms with Gasteiger partial charge in [-0.2, -0.15) is 0 Å². The van der Waals surface area contributed by atoms with Crippen LogP contribution in [0.25, 0.3) is 0 Å². The van der Waals surface area contributed by atoms with E-state index in [9.17, 15) is 9.59 Å². The average Bonchev–Trinajstić information content (AvgIpc) is 3.13. The molecule has 3 rings (SSSR count). The second kappa shape index (κ2) is 8.46. The van der Waals surface area contributed by atoms with E-state index < -0.39 is 0 Å². The van der Waals surface area contributed by atoms with Crippen LogP contribution in [0.4, 0.5) is 10.5 Å². The zero-order valence-corrected chi connectivity index (χ0v) is 16.1. The fourth-order valence-corrected chi connectivity index (χ4v) is 3.43. The van der Waals surface area contributed by atoms with E-state index in [1.807, 2.05) is 12.1 Å². The smallest absolute Gasteiger partial charge is 0.322 e. The van der Waals surface area contributed by atoms with E-state index in [4.69, 9.17) is 4.74 Å². The third-order valence-corrected chi connectivity index (χ3v) is 4.79. The second-order valence-corrected chi connectivity index (χ2v) is 7.15. The van der Waals surface area contributed by atoms with Gasteiger partial charge in [0, 0.05) is 45.3 Å². The Balaban J connectivity index is 1.76. The number of halogens is 1. The number of pyridine rings is 2. The van der Waals surface area contributed by atoms with Crippen LogP contribution in [-0.2, 0) is 18.3 Å². The number of nitrogens with one attached hydrogen (secondary N) is 1. The number of ether oxygens (including phenoxy) is 1. The van der Waals surface area contributed by atoms with Gasteiger partial charge >= 0.3 is 6.03 Å². The first-order chi connectivity index (χ1) is 12.5. The summed E-state index contributed by atoms with van der Waals surface area (Å²) < 4.78 is 7.51. The predicted octanol–water partition coefficient (Wildman–Crippen LogP) is 2.76. The molecular formula is C18H21BrN4O3. The Morgan fingerprint density at radius 1 is 1.54 bits per heavy atom. The zero-order valence-electron chi connectivity index (χ0n) is 14.5. The molecule has 138 valence electrons. The molecule has 1 fully saturated rings. The monoisotopic (exact) mass is 420 g/mol. The van der Waals surface area contributed by atoms with E-state index in [1.165, 1.54) is 4.57 Å². The Labute approximate surface area is 160 Å². The van der Waals surface area contributed by atoms with E-state index in [2.05, 4.69) is 26.2 Å². The van der Waals surface area contributed by atoms with Gasteiger partial charge in [-0.15, -0.1) is 0 Å². The van der Waals surface area contributed by atoms with Crippen LogP contribution in [0.2, 0.25) is 0 Å². The Morgan fingerprint density at radius 3 is 3.04 bits per heavy atom. The number of carbonyl (C=O) groups excluding carboxylic acids is 1. The topological polar surface area (TPSA) is 76.5 Å². The van der Waals surface area contributed by atoms with Crippen molar-refractivity contribution in [2.45, 2.75) is 25.5 Å². The minimum atomic E-state index is -0.241. The number of carbonyl (C=O) groups is 1. The summed E-state index contributed by atoms with van der Waals surface area (Å²) in [6.45, 7) is 1.68. The molecule has 3 heterocycles. The van der Waals surface area contributed by atoms with Crippen LogP contribution >= 0.6 is 15.9 Å². The summed E-state index contributed by atoms with van der Waals surface area (Å²) in [6, 6.07) is 5.15. The van der Waals surface area contributed by atoms with Gasteiger partial charge in [-0.1, -0.05) is 6.07 Å². The number of hydrogen-bond donors (Lipinski definition) is 1. The van der Waals surface area contributed by atoms with Crippen molar-refractivity contribution >= 4 is 27.6 Å². The number of anilines is 1. The molecule has 2 amide bonds. The molecule has 0 aliphatic carbocycles. The number of rotatable bonds is 5. The SMILES string of the molecule is Cn1cc(NC(=O)N(Cc2cccnc2)CC2CCCO2)cc(Br)c1=O. The normalized spacial score (nSPS) is 16.5. The van der Waals surface area contributed by atoms with E-state index >= 15 is 0 Å². The van der Waals surface area contributed by atoms with Crippen LogP contribution in [0, 0.1) is 0 Å². The molecule has 1 aliphatic heterocycles. The number of amides is 2. The van der Waals surface area contributed by atoms with Gasteiger partial charge in [0.2, 0.25) is 0 Å². The van der Waals surface area contributed by atoms with Crippen LogP contribution < -0.4 is 10.9 Å². The molecule has 26 heavy (non-hydrogen) atoms. The summed E-state index contributed by atoms with van der Waals surface area (Å²) in [5.41, 5.74) is 1.34. The van der Waals surface area contributed by atoms with Gasteiger partial charge in [0.25, 0.3) is 5.56 Å². The van der Waals surface area contributed by atoms with Crippen molar-refractivity contribution < 1.29 is 9.53 Å². The van der Waals surface area contributed by atoms with Gasteiger partial charge in [-0.3, -0.25) is 9.78 Å². The lowest BCUT2D eigenvalue weighted by molar-refractivity contribution is 0.0819. The molecule has 0 spiro atoms. The third kappa shape index (κ3) is 4.70. The molecule has 1 atom stereocenters. The van der Waals surface area contributed by atoms with Crippen molar-refractivity contribution in [3.63, 3.8) is 0 Å². The highest BCUT2D eigenvalue weighted by molar-refractivity contribution is 9.10. The summed E-state index contributed by atoms with van der Waals surface area (Å²) in [4.78, 5) is 30.5. The maximum absolute atomic E-state index is 12.8. The summed E-state index contributed by atoms with van der Waals surface area (Å²) in [5.74, 6) is 0. The van der Waals surface area contributed by atoms with E-state index in [-0.39, 0.29) is 17.7 Å². The second-order valence-electron chi connectivity index (χ2n) is 6.30. The van der Waals surface area contributed by atoms with Gasteiger partial charge in [-0.25, -0.2) is 4.79 Å². The fraction of sp³-hybridized carbons (Fsp3) is 0.389. The zero-order chi connectivity index (χ0) is 18.5. The van der Waals surface area contributed by atoms with Gasteiger partial charge in [0.1, 0.15) is 0 Å². The lowest BCUT2D eigenvalue weighted by atomic mass is 10.2. The van der Waals surface area contributed by atoms with Crippen LogP contribution in [0.3, 0.4) is 0 Å². The van der Waals surface area contributed by atoms with E-state index in [1.54, 1.807) is 36.6 Å². The van der Waals surface area contributed by atoms with E-state index in [0.29, 0.717) is 23.2 Å². The molecule has 0 saturated carbocycles. The molecule has 0 radical (unpaired) electrons. The largest absolute Gasteiger partial charge is 0.376 e. The van der Waals surface area contributed by atoms with Gasteiger partial charge in [-0.05, 0) is 46.5 Å². The number of urea groups is 1. The Hall–Kier alpha value is -2.19. The first-order valence-electron chi connectivity index (χ1n) is 8.45. The molecule has 1 unspecified atom stereocenters. The molecule has 8 heteroatoms. The highest BCUT2D eigenvalue weighted by Gasteiger charge is 2.23. The minimum absolute atomic E-state index is 0.0456. The third-order valence-electron chi connectivity index (χ3n) is 4.22. The molecule has 2 aromatic heterocycles. The Bertz CT molecular complexity index is 793. The molecule has 0 aromatic carbocycles. The Kier molecular flexibility index (Phi) is 6.05. The van der Waals surface area contributed by atoms with Crippen LogP contribution in [0.1, 0.15) is 18.4 Å². The van der Waals surface area contributed by atoms with Crippen molar-refractivity contribution in [1.29, 1.82) is 0 Å². The molecule has 0 bridgehead atoms. The molecular weight excluding hydrogens is 400 g/mol. The minimum Gasteiger partial charge on any atom is -0.376 e. The fourth-order valence-electron chi connectivity index (χ4n) is 2.91. The molecule has 7 nitrogen and oxygen atoms in total. The maximum Gasteiger partial charge on any atom is 0.322 e. The van der Waals surface area contributed by atoms with Gasteiger partial charge in [0.05, 0.1) is 16.3 Å². The number of nitrogens with zero attached hydrogens (tertiary/aromatic N) is 3. The number of aryl methyl sites for hydroxylation is 1. The number of hydrogen-bond acceptors (Lipinski definition) is 4. The van der Waals surface area contributed by atoms with Gasteiger partial charge in [0.15, 0.2) is 0 Å². The molecule has 1 N–H and O–H groups in total. The van der Waals surface area contributed by atoms with Crippen molar-refractivity contribution in [2.75, 3.05) is 18.5 Å². The van der Waals surface area contributed by atoms with Crippen molar-refractivity contribution in [3.8, 4) is 0 Å². The Morgan fingerprint density at radius 2 is 2.38 bits per heavy atom. The first-order valence-corrected chi connectivity index (χ1v) is 9.25. The number of aromatic nitrogens is 2. The van der Waals surface area contributed by atoms with Crippen LogP contribution in [-0.4, -0.2) is 39.7 Å². The summed E-state index contributed by atoms with van der Waals surface area (Å²) in [7, 11) is 1.64. The maximum atomic E-state index is 12.8. The predicted molar refractivity (Wildman–Crippen MR) is 102 cm³/mol. The molecule has 2 aromatic rings. The van der Waals surface area contributed by atoms with Gasteiger partial charge < -0.3 is 19.5 Å². The van der Waals surface area contributed by atoms with E-state index in [0.717, 1.165) is 25.0 Å². The van der Waals surface area contributed by atoms with Crippen LogP contribution in [0.5, 0.6) is 0 Å².